The normalized spacial score (nSPS) is 14.3. The molecule has 431 valence electrons. The summed E-state index contributed by atoms with van der Waals surface area (Å²) in [6.45, 7) is 10.7. The number of benzene rings is 6. The monoisotopic (exact) mass is 1230 g/mol. The third-order valence-electron chi connectivity index (χ3n) is 15.2. The predicted molar refractivity (Wildman–Crippen MR) is 333 cm³/mol. The highest BCUT2D eigenvalue weighted by molar-refractivity contribution is 6.48. The number of carbonyl (C=O) groups excluding carboxylic acids is 2. The second kappa shape index (κ2) is 24.0. The molecule has 0 bridgehead atoms. The van der Waals surface area contributed by atoms with E-state index in [1.807, 2.05) is 13.8 Å². The first kappa shape index (κ1) is 58.3. The molecule has 87 heavy (non-hydrogen) atoms. The van der Waals surface area contributed by atoms with Crippen LogP contribution in [-0.2, 0) is 0 Å². The van der Waals surface area contributed by atoms with Crippen molar-refractivity contribution >= 4 is 117 Å². The number of esters is 1. The number of nitrogens with zero attached hydrogens (tertiary/aromatic N) is 10. The summed E-state index contributed by atoms with van der Waals surface area (Å²) in [5.41, 5.74) is 3.19. The molecular weight excluding hydrogens is 1190 g/mol. The van der Waals surface area contributed by atoms with Gasteiger partial charge in [0.15, 0.2) is 12.0 Å². The van der Waals surface area contributed by atoms with Gasteiger partial charge in [0, 0.05) is 39.7 Å². The Morgan fingerprint density at radius 3 is 1.97 bits per heavy atom. The Morgan fingerprint density at radius 2 is 1.37 bits per heavy atom. The maximum Gasteiger partial charge on any atom is 0.743 e. The van der Waals surface area contributed by atoms with Crippen LogP contribution in [0.4, 0.5) is 0 Å². The number of amides is 1. The number of aliphatic hydroxyl groups excluding tert-OH is 1. The van der Waals surface area contributed by atoms with Gasteiger partial charge in [-0.05, 0) is 111 Å². The average molecular weight is 1240 g/mol. The molecule has 12 rings (SSSR count). The fourth-order valence-corrected chi connectivity index (χ4v) is 11.7. The Balaban J connectivity index is 1.14. The predicted octanol–water partition coefficient (Wildman–Crippen LogP) is 11.0. The molecule has 0 spiro atoms. The van der Waals surface area contributed by atoms with Crippen molar-refractivity contribution in [2.45, 2.75) is 46.3 Å². The summed E-state index contributed by atoms with van der Waals surface area (Å²) in [4.78, 5) is 51.0. The molecule has 24 heteroatoms. The van der Waals surface area contributed by atoms with Gasteiger partial charge in [0.05, 0.1) is 76.5 Å². The third kappa shape index (κ3) is 10.7. The van der Waals surface area contributed by atoms with E-state index in [0.29, 0.717) is 68.6 Å². The molecule has 1 amide bonds. The van der Waals surface area contributed by atoms with E-state index in [2.05, 4.69) is 35.9 Å². The van der Waals surface area contributed by atoms with Crippen LogP contribution < -0.4 is 29.4 Å². The fourth-order valence-electron chi connectivity index (χ4n) is 11.1. The molecule has 0 saturated heterocycles. The number of aromatic hydroxyl groups is 1. The van der Waals surface area contributed by atoms with Crippen LogP contribution in [0.25, 0.3) is 55.2 Å². The number of nitriles is 2. The van der Waals surface area contributed by atoms with E-state index in [-0.39, 0.29) is 98.9 Å². The molecular formula is C63H47B2Cl4N10O8. The zero-order chi connectivity index (χ0) is 60.9. The molecule has 1 radical (unpaired) electrons. The molecule has 0 fully saturated rings. The summed E-state index contributed by atoms with van der Waals surface area (Å²) in [6.07, 6.45) is 2.22. The number of carbonyl (C=O) groups is 2. The smallest absolute Gasteiger partial charge is 0.540 e. The maximum absolute atomic E-state index is 14.5. The van der Waals surface area contributed by atoms with Crippen molar-refractivity contribution in [3.05, 3.63) is 192 Å². The molecule has 6 heterocycles. The zero-order valence-corrected chi connectivity index (χ0v) is 49.8. The SMILES string of the molecule is CCN(CC)CCCN1C(=O)c2ccc(C(=O)Oc3cccc(-c4c5/c(=C(\C#N)c6cnc7cc(Cl)c(Cl)cc7n6)n([B]Oc6ccccc6O)c(C(C)C)c5/c(=C(\C#N)c5cnc6cc(Cl)c(Cl)cc6n5)n4B4Oc5ccccc5O4)c3)cc2C1O. The molecule has 10 aromatic rings. The second-order valence-corrected chi connectivity index (χ2v) is 22.4. The first-order chi connectivity index (χ1) is 42.1. The van der Waals surface area contributed by atoms with Gasteiger partial charge in [-0.2, -0.15) is 10.5 Å². The maximum atomic E-state index is 14.5. The lowest BCUT2D eigenvalue weighted by Gasteiger charge is -2.23. The number of rotatable bonds is 16. The van der Waals surface area contributed by atoms with Crippen LogP contribution in [0.5, 0.6) is 28.7 Å². The van der Waals surface area contributed by atoms with Crippen LogP contribution in [0.1, 0.15) is 89.6 Å². The Kier molecular flexibility index (Phi) is 16.1. The number of hydrogen-bond acceptors (Lipinski definition) is 15. The second-order valence-electron chi connectivity index (χ2n) is 20.7. The minimum absolute atomic E-state index is 0.0417. The highest BCUT2D eigenvalue weighted by Crippen LogP contribution is 2.40. The average Bonchev–Trinajstić information content (AvgIpc) is 1.54. The Bertz CT molecular complexity index is 4690. The number of phenolic OH excluding ortho intramolecular Hbond substituents is 1. The summed E-state index contributed by atoms with van der Waals surface area (Å²) >= 11 is 26.0. The van der Waals surface area contributed by atoms with Gasteiger partial charge in [0.2, 0.25) is 0 Å². The number of para-hydroxylation sites is 4. The molecule has 6 aromatic carbocycles. The van der Waals surface area contributed by atoms with Gasteiger partial charge >= 0.3 is 20.8 Å². The Hall–Kier alpha value is -9.11. The van der Waals surface area contributed by atoms with Crippen LogP contribution in [0.15, 0.2) is 128 Å². The third-order valence-corrected chi connectivity index (χ3v) is 16.7. The van der Waals surface area contributed by atoms with Crippen molar-refractivity contribution in [1.82, 2.24) is 38.7 Å². The summed E-state index contributed by atoms with van der Waals surface area (Å²) < 4.78 is 29.4. The number of aliphatic hydroxyl groups is 1. The van der Waals surface area contributed by atoms with Crippen LogP contribution in [0.3, 0.4) is 0 Å². The fraction of sp³-hybridized carbons (Fsp3) is 0.175. The van der Waals surface area contributed by atoms with Gasteiger partial charge in [-0.1, -0.05) is 110 Å². The van der Waals surface area contributed by atoms with Gasteiger partial charge in [-0.3, -0.25) is 14.8 Å². The van der Waals surface area contributed by atoms with E-state index in [1.165, 1.54) is 49.2 Å². The largest absolute Gasteiger partial charge is 0.743 e. The lowest BCUT2D eigenvalue weighted by molar-refractivity contribution is 0.0162. The van der Waals surface area contributed by atoms with Gasteiger partial charge in [0.25, 0.3) is 5.91 Å². The summed E-state index contributed by atoms with van der Waals surface area (Å²) in [7, 11) is -0.0363. The number of halogens is 4. The van der Waals surface area contributed by atoms with Gasteiger partial charge < -0.3 is 47.7 Å². The standard InChI is InChI=1S/C63H47B2Cl4N10O8/c1-5-76(6-2)21-12-22-77-61(81)37-20-19-35(24-38(37)62(77)82)63(83)84-36-14-11-13-34(23-36)58-56-55(60(79(58)65-86-53-17-9-10-18-54(53)87-65)40(30-71)50-32-73-46-26-42(67)44(69)28-48(46)75-50)57(33(3)4)78(64-85-52-16-8-7-15-51(52)80)59(56)39(29-70)49-31-72-45-25-41(66)43(68)27-47(45)74-49/h7-11,13-20,23-28,31-33,62,80,82H,5-6,12,21-22H2,1-4H3/b59-39-,60-40-. The molecule has 1 atom stereocenters. The number of hydrogen-bond donors (Lipinski definition) is 2. The van der Waals surface area contributed by atoms with E-state index in [9.17, 15) is 30.3 Å². The topological polar surface area (TPSA) is 227 Å². The van der Waals surface area contributed by atoms with E-state index < -0.39 is 25.4 Å². The highest BCUT2D eigenvalue weighted by Gasteiger charge is 2.42. The number of phenols is 1. The van der Waals surface area contributed by atoms with Gasteiger partial charge in [-0.15, -0.1) is 0 Å². The molecule has 2 N–H and O–H groups in total. The lowest BCUT2D eigenvalue weighted by atomic mass is 10.0. The molecule has 4 aromatic heterocycles. The van der Waals surface area contributed by atoms with E-state index in [1.54, 1.807) is 100.0 Å². The van der Waals surface area contributed by atoms with Crippen LogP contribution in [0.2, 0.25) is 20.1 Å². The summed E-state index contributed by atoms with van der Waals surface area (Å²) in [5, 5.41) is 48.1. The first-order valence-electron chi connectivity index (χ1n) is 27.6. The van der Waals surface area contributed by atoms with Crippen molar-refractivity contribution in [1.29, 1.82) is 10.5 Å². The minimum atomic E-state index is -1.39. The molecule has 1 unspecified atom stereocenters. The number of fused-ring (bicyclic) bond motifs is 5. The minimum Gasteiger partial charge on any atom is -0.540 e. The highest BCUT2D eigenvalue weighted by atomic mass is 35.5. The molecule has 0 aliphatic carbocycles. The Labute approximate surface area is 518 Å². The van der Waals surface area contributed by atoms with Crippen LogP contribution in [0, 0.1) is 22.7 Å². The van der Waals surface area contributed by atoms with Crippen molar-refractivity contribution in [2.75, 3.05) is 26.2 Å². The lowest BCUT2D eigenvalue weighted by Crippen LogP contribution is -2.43. The van der Waals surface area contributed by atoms with Gasteiger partial charge in [0.1, 0.15) is 57.7 Å². The van der Waals surface area contributed by atoms with Crippen molar-refractivity contribution in [3.8, 4) is 52.1 Å². The van der Waals surface area contributed by atoms with Crippen molar-refractivity contribution in [2.24, 2.45) is 0 Å². The molecule has 18 nitrogen and oxygen atoms in total. The molecule has 2 aliphatic heterocycles. The Morgan fingerprint density at radius 1 is 0.770 bits per heavy atom. The first-order valence-corrected chi connectivity index (χ1v) is 29.1. The number of aromatic nitrogens is 6. The quantitative estimate of drug-likeness (QED) is 0.0521. The van der Waals surface area contributed by atoms with E-state index >= 15 is 0 Å². The van der Waals surface area contributed by atoms with Crippen LogP contribution in [-0.4, -0.2) is 102 Å². The van der Waals surface area contributed by atoms with Gasteiger partial charge in [-0.25, -0.2) is 14.8 Å². The van der Waals surface area contributed by atoms with E-state index in [4.69, 9.17) is 80.1 Å². The van der Waals surface area contributed by atoms with Crippen LogP contribution >= 0.6 is 46.4 Å². The zero-order valence-electron chi connectivity index (χ0n) is 46.8. The van der Waals surface area contributed by atoms with Crippen molar-refractivity contribution < 1.29 is 38.5 Å². The van der Waals surface area contributed by atoms with Crippen molar-refractivity contribution in [3.63, 3.8) is 0 Å². The summed E-state index contributed by atoms with van der Waals surface area (Å²) in [5.74, 6) is -0.960. The van der Waals surface area contributed by atoms with E-state index in [0.717, 1.165) is 19.6 Å². The number of ether oxygens (including phenoxy) is 1. The molecule has 0 saturated carbocycles. The molecule has 2 aliphatic rings. The summed E-state index contributed by atoms with van der Waals surface area (Å²) in [6, 6.07) is 35.6.